The minimum atomic E-state index is -0.665. The van der Waals surface area contributed by atoms with Gasteiger partial charge in [-0.1, -0.05) is 12.1 Å². The molecule has 192 valence electrons. The van der Waals surface area contributed by atoms with Crippen LogP contribution in [0.3, 0.4) is 0 Å². The molecular weight excluding hydrogens is 492 g/mol. The second-order valence-electron chi connectivity index (χ2n) is 7.81. The largest absolute Gasteiger partial charge is 0.497 e. The van der Waals surface area contributed by atoms with Gasteiger partial charge in [0.15, 0.2) is 17.2 Å². The maximum Gasteiger partial charge on any atom is 0.363 e. The molecular formula is C28H22N2O8. The summed E-state index contributed by atoms with van der Waals surface area (Å²) in [6.45, 7) is 2.09. The summed E-state index contributed by atoms with van der Waals surface area (Å²) in [5, 5.41) is 10.8. The third kappa shape index (κ3) is 6.30. The first-order chi connectivity index (χ1) is 18.4. The lowest BCUT2D eigenvalue weighted by Crippen LogP contribution is -2.06. The second kappa shape index (κ2) is 11.7. The second-order valence-corrected chi connectivity index (χ2v) is 7.81. The Balaban J connectivity index is 1.50. The van der Waals surface area contributed by atoms with E-state index in [0.717, 1.165) is 0 Å². The fourth-order valence-corrected chi connectivity index (χ4v) is 3.43. The predicted molar refractivity (Wildman–Crippen MR) is 139 cm³/mol. The fourth-order valence-electron chi connectivity index (χ4n) is 3.43. The Hall–Kier alpha value is -5.25. The lowest BCUT2D eigenvalue weighted by molar-refractivity contribution is -0.384. The molecule has 4 rings (SSSR count). The van der Waals surface area contributed by atoms with E-state index in [2.05, 4.69) is 4.99 Å². The Bertz CT molecular complexity index is 1470. The standard InChI is InChI=1S/C28H22N2O8/c1-3-36-25-16-19(15-23-28(32)38-27(29-23)20-5-4-6-22(17-20)35-2)9-13-24(25)37-26(31)14-10-18-7-11-21(12-8-18)30(33)34/h4-17H,3H2,1-2H3/b14-10+,23-15-. The zero-order valence-electron chi connectivity index (χ0n) is 20.5. The van der Waals surface area contributed by atoms with E-state index in [1.54, 1.807) is 56.5 Å². The Labute approximate surface area is 217 Å². The molecule has 0 atom stereocenters. The maximum atomic E-state index is 12.4. The van der Waals surface area contributed by atoms with Crippen molar-refractivity contribution in [1.29, 1.82) is 0 Å². The van der Waals surface area contributed by atoms with E-state index < -0.39 is 16.9 Å². The SMILES string of the molecule is CCOc1cc(/C=C2\N=C(c3cccc(OC)c3)OC2=O)ccc1OC(=O)/C=C/c1ccc([N+](=O)[O-])cc1. The van der Waals surface area contributed by atoms with E-state index in [1.165, 1.54) is 42.5 Å². The molecule has 10 nitrogen and oxygen atoms in total. The molecule has 0 spiro atoms. The molecule has 38 heavy (non-hydrogen) atoms. The number of nitro groups is 1. The monoisotopic (exact) mass is 514 g/mol. The lowest BCUT2D eigenvalue weighted by Gasteiger charge is -2.10. The number of hydrogen-bond acceptors (Lipinski definition) is 9. The summed E-state index contributed by atoms with van der Waals surface area (Å²) >= 11 is 0. The van der Waals surface area contributed by atoms with Crippen LogP contribution in [0.15, 0.2) is 83.5 Å². The van der Waals surface area contributed by atoms with Crippen LogP contribution < -0.4 is 14.2 Å². The van der Waals surface area contributed by atoms with Gasteiger partial charge in [-0.05, 0) is 72.7 Å². The minimum absolute atomic E-state index is 0.0470. The molecule has 3 aromatic rings. The van der Waals surface area contributed by atoms with Crippen LogP contribution in [0.5, 0.6) is 17.2 Å². The number of nitrogens with zero attached hydrogens (tertiary/aromatic N) is 2. The van der Waals surface area contributed by atoms with Crippen molar-refractivity contribution in [3.8, 4) is 17.2 Å². The highest BCUT2D eigenvalue weighted by molar-refractivity contribution is 6.13. The first-order valence-electron chi connectivity index (χ1n) is 11.4. The van der Waals surface area contributed by atoms with E-state index in [1.807, 2.05) is 0 Å². The molecule has 1 heterocycles. The van der Waals surface area contributed by atoms with Crippen LogP contribution in [0, 0.1) is 10.1 Å². The number of esters is 2. The van der Waals surface area contributed by atoms with Crippen LogP contribution in [-0.2, 0) is 14.3 Å². The van der Waals surface area contributed by atoms with Gasteiger partial charge in [0.25, 0.3) is 5.69 Å². The Kier molecular flexibility index (Phi) is 7.92. The molecule has 3 aromatic carbocycles. The van der Waals surface area contributed by atoms with Crippen LogP contribution in [0.1, 0.15) is 23.6 Å². The number of ether oxygens (including phenoxy) is 4. The van der Waals surface area contributed by atoms with Crippen LogP contribution in [-0.4, -0.2) is 36.5 Å². The molecule has 0 radical (unpaired) electrons. The third-order valence-corrected chi connectivity index (χ3v) is 5.23. The summed E-state index contributed by atoms with van der Waals surface area (Å²) in [4.78, 5) is 39.3. The molecule has 0 bridgehead atoms. The van der Waals surface area contributed by atoms with E-state index in [4.69, 9.17) is 18.9 Å². The summed E-state index contributed by atoms with van der Waals surface area (Å²) in [6.07, 6.45) is 4.23. The highest BCUT2D eigenvalue weighted by atomic mass is 16.6. The highest BCUT2D eigenvalue weighted by Gasteiger charge is 2.24. The third-order valence-electron chi connectivity index (χ3n) is 5.23. The molecule has 0 fully saturated rings. The number of nitro benzene ring substituents is 1. The zero-order chi connectivity index (χ0) is 27.1. The van der Waals surface area contributed by atoms with Crippen molar-refractivity contribution in [2.24, 2.45) is 4.99 Å². The minimum Gasteiger partial charge on any atom is -0.497 e. The van der Waals surface area contributed by atoms with Crippen molar-refractivity contribution < 1.29 is 33.5 Å². The first-order valence-corrected chi connectivity index (χ1v) is 11.4. The summed E-state index contributed by atoms with van der Waals surface area (Å²) in [5.41, 5.74) is 1.82. The van der Waals surface area contributed by atoms with Crippen molar-refractivity contribution in [2.45, 2.75) is 6.92 Å². The van der Waals surface area contributed by atoms with Gasteiger partial charge >= 0.3 is 11.9 Å². The van der Waals surface area contributed by atoms with Crippen LogP contribution >= 0.6 is 0 Å². The number of non-ortho nitro benzene ring substituents is 1. The Morgan fingerprint density at radius 1 is 1.05 bits per heavy atom. The van der Waals surface area contributed by atoms with Crippen LogP contribution in [0.2, 0.25) is 0 Å². The number of benzene rings is 3. The molecule has 1 aliphatic rings. The number of hydrogen-bond donors (Lipinski definition) is 0. The normalized spacial score (nSPS) is 13.8. The van der Waals surface area contributed by atoms with E-state index in [0.29, 0.717) is 34.8 Å². The lowest BCUT2D eigenvalue weighted by atomic mass is 10.1. The molecule has 1 aliphatic heterocycles. The molecule has 0 aliphatic carbocycles. The van der Waals surface area contributed by atoms with Crippen molar-refractivity contribution in [1.82, 2.24) is 0 Å². The van der Waals surface area contributed by atoms with Crippen LogP contribution in [0.25, 0.3) is 12.2 Å². The zero-order valence-corrected chi connectivity index (χ0v) is 20.5. The van der Waals surface area contributed by atoms with Gasteiger partial charge in [0.05, 0.1) is 18.6 Å². The summed E-state index contributed by atoms with van der Waals surface area (Å²) in [7, 11) is 1.54. The maximum absolute atomic E-state index is 12.4. The highest BCUT2D eigenvalue weighted by Crippen LogP contribution is 2.31. The van der Waals surface area contributed by atoms with E-state index in [9.17, 15) is 19.7 Å². The van der Waals surface area contributed by atoms with Gasteiger partial charge in [0, 0.05) is 23.8 Å². The number of cyclic esters (lactones) is 1. The topological polar surface area (TPSA) is 127 Å². The molecule has 0 unspecified atom stereocenters. The molecule has 0 N–H and O–H groups in total. The molecule has 0 saturated heterocycles. The van der Waals surface area contributed by atoms with Gasteiger partial charge in [-0.25, -0.2) is 14.6 Å². The van der Waals surface area contributed by atoms with Crippen molar-refractivity contribution in [3.63, 3.8) is 0 Å². The average Bonchev–Trinajstić information content (AvgIpc) is 3.29. The van der Waals surface area contributed by atoms with Crippen molar-refractivity contribution >= 4 is 35.7 Å². The molecule has 10 heteroatoms. The molecule has 0 saturated carbocycles. The number of methoxy groups -OCH3 is 1. The molecule has 0 amide bonds. The smallest absolute Gasteiger partial charge is 0.363 e. The van der Waals surface area contributed by atoms with Gasteiger partial charge in [0.2, 0.25) is 5.90 Å². The van der Waals surface area contributed by atoms with Crippen molar-refractivity contribution in [3.05, 3.63) is 105 Å². The van der Waals surface area contributed by atoms with Gasteiger partial charge in [0.1, 0.15) is 5.75 Å². The predicted octanol–water partition coefficient (Wildman–Crippen LogP) is 4.97. The Morgan fingerprint density at radius 3 is 2.53 bits per heavy atom. The quantitative estimate of drug-likeness (QED) is 0.129. The number of carbonyl (C=O) groups excluding carboxylic acids is 2. The number of rotatable bonds is 9. The van der Waals surface area contributed by atoms with Gasteiger partial charge < -0.3 is 18.9 Å². The average molecular weight is 514 g/mol. The van der Waals surface area contributed by atoms with Crippen molar-refractivity contribution in [2.75, 3.05) is 13.7 Å². The van der Waals surface area contributed by atoms with Crippen LogP contribution in [0.4, 0.5) is 5.69 Å². The summed E-state index contributed by atoms with van der Waals surface area (Å²) < 4.78 is 21.6. The number of aliphatic imine (C=N–C) groups is 1. The Morgan fingerprint density at radius 2 is 1.82 bits per heavy atom. The number of carbonyl (C=O) groups is 2. The summed E-state index contributed by atoms with van der Waals surface area (Å²) in [6, 6.07) is 17.5. The van der Waals surface area contributed by atoms with E-state index >= 15 is 0 Å². The van der Waals surface area contributed by atoms with Gasteiger partial charge in [-0.3, -0.25) is 10.1 Å². The fraction of sp³-hybridized carbons (Fsp3) is 0.107. The molecule has 0 aromatic heterocycles. The first kappa shape index (κ1) is 25.8. The van der Waals surface area contributed by atoms with Gasteiger partial charge in [-0.2, -0.15) is 0 Å². The van der Waals surface area contributed by atoms with E-state index in [-0.39, 0.29) is 23.0 Å². The summed E-state index contributed by atoms with van der Waals surface area (Å²) in [5.74, 6) is -0.0255. The van der Waals surface area contributed by atoms with Gasteiger partial charge in [-0.15, -0.1) is 0 Å².